The molecule has 0 aliphatic heterocycles. The van der Waals surface area contributed by atoms with Crippen LogP contribution in [0, 0.1) is 6.92 Å². The summed E-state index contributed by atoms with van der Waals surface area (Å²) in [5.74, 6) is 0. The van der Waals surface area contributed by atoms with Crippen molar-refractivity contribution in [1.29, 1.82) is 0 Å². The number of hydrogen-bond acceptors (Lipinski definition) is 2. The molecule has 0 aliphatic rings. The van der Waals surface area contributed by atoms with Gasteiger partial charge in [-0.05, 0) is 12.5 Å². The third-order valence-corrected chi connectivity index (χ3v) is 1.79. The molecule has 2 aromatic rings. The van der Waals surface area contributed by atoms with Gasteiger partial charge >= 0.3 is 0 Å². The zero-order chi connectivity index (χ0) is 7.84. The first-order chi connectivity index (χ1) is 5.27. The van der Waals surface area contributed by atoms with Crippen LogP contribution in [0.15, 0.2) is 18.5 Å². The summed E-state index contributed by atoms with van der Waals surface area (Å²) in [7, 11) is 1.98. The van der Waals surface area contributed by atoms with Gasteiger partial charge in [-0.25, -0.2) is 4.98 Å². The van der Waals surface area contributed by atoms with Gasteiger partial charge in [-0.2, -0.15) is 5.10 Å². The number of aryl methyl sites for hydroxylation is 2. The smallest absolute Gasteiger partial charge is 0.256 e. The van der Waals surface area contributed by atoms with Gasteiger partial charge in [0.05, 0.1) is 6.20 Å². The van der Waals surface area contributed by atoms with Gasteiger partial charge in [0, 0.05) is 12.3 Å². The standard InChI is InChI=1S/C8H9N3.H2O/c1-6-3-8-7(9-4-6)5-10-11(8)2;/h3-5H,1-2H3;1H2. The molecule has 0 bridgehead atoms. The molecule has 0 amide bonds. The second kappa shape index (κ2) is 2.91. The van der Waals surface area contributed by atoms with Crippen LogP contribution < -0.4 is 4.68 Å². The Labute approximate surface area is 70.2 Å². The summed E-state index contributed by atoms with van der Waals surface area (Å²) in [4.78, 5) is 4.25. The molecule has 0 saturated heterocycles. The predicted molar refractivity (Wildman–Crippen MR) is 43.9 cm³/mol. The van der Waals surface area contributed by atoms with Crippen molar-refractivity contribution in [2.75, 3.05) is 0 Å². The molecule has 2 N–H and O–H groups in total. The van der Waals surface area contributed by atoms with Crippen molar-refractivity contribution in [3.05, 3.63) is 24.0 Å². The molecular formula is C8H11N3O. The topological polar surface area (TPSA) is 62.6 Å². The Hall–Kier alpha value is -1.42. The van der Waals surface area contributed by atoms with E-state index in [0.717, 1.165) is 11.0 Å². The molecular weight excluding hydrogens is 154 g/mol. The fourth-order valence-corrected chi connectivity index (χ4v) is 1.17. The number of aromatic nitrogens is 3. The quantitative estimate of drug-likeness (QED) is 0.578. The van der Waals surface area contributed by atoms with E-state index in [2.05, 4.69) is 16.1 Å². The minimum absolute atomic E-state index is 0. The van der Waals surface area contributed by atoms with E-state index >= 15 is 0 Å². The summed E-state index contributed by atoms with van der Waals surface area (Å²) in [5.41, 5.74) is 3.34. The van der Waals surface area contributed by atoms with Crippen molar-refractivity contribution in [3.63, 3.8) is 0 Å². The number of hydrogen-bond donors (Lipinski definition) is 1. The van der Waals surface area contributed by atoms with E-state index in [1.165, 1.54) is 5.56 Å². The summed E-state index contributed by atoms with van der Waals surface area (Å²) in [6.45, 7) is 2.04. The molecule has 4 nitrogen and oxygen atoms in total. The van der Waals surface area contributed by atoms with Crippen LogP contribution in [-0.4, -0.2) is 15.6 Å². The number of pyridine rings is 1. The number of nitrogens with one attached hydrogen (secondary N) is 1. The van der Waals surface area contributed by atoms with Gasteiger partial charge in [0.25, 0.3) is 5.52 Å². The second-order valence-electron chi connectivity index (χ2n) is 2.75. The van der Waals surface area contributed by atoms with E-state index in [-0.39, 0.29) is 5.48 Å². The van der Waals surface area contributed by atoms with Crippen LogP contribution in [-0.2, 0) is 7.05 Å². The molecule has 0 saturated carbocycles. The van der Waals surface area contributed by atoms with Crippen LogP contribution >= 0.6 is 0 Å². The van der Waals surface area contributed by atoms with Gasteiger partial charge in [0.2, 0.25) is 0 Å². The minimum Gasteiger partial charge on any atom is -0.870 e. The van der Waals surface area contributed by atoms with Gasteiger partial charge in [0.1, 0.15) is 0 Å². The molecule has 0 aliphatic carbocycles. The number of rotatable bonds is 0. The first-order valence-electron chi connectivity index (χ1n) is 3.57. The van der Waals surface area contributed by atoms with E-state index < -0.39 is 0 Å². The first kappa shape index (κ1) is 8.67. The third-order valence-electron chi connectivity index (χ3n) is 1.79. The van der Waals surface area contributed by atoms with Crippen molar-refractivity contribution < 1.29 is 10.2 Å². The third kappa shape index (κ3) is 1.16. The largest absolute Gasteiger partial charge is 0.870 e. The monoisotopic (exact) mass is 165 g/mol. The van der Waals surface area contributed by atoms with Crippen LogP contribution in [0.1, 0.15) is 5.56 Å². The average Bonchev–Trinajstić information content (AvgIpc) is 2.33. The molecule has 0 atom stereocenters. The van der Waals surface area contributed by atoms with Gasteiger partial charge in [0.15, 0.2) is 12.6 Å². The van der Waals surface area contributed by atoms with Gasteiger partial charge in [-0.1, -0.05) is 0 Å². The van der Waals surface area contributed by atoms with Crippen molar-refractivity contribution in [2.45, 2.75) is 6.92 Å². The maximum Gasteiger partial charge on any atom is 0.256 e. The van der Waals surface area contributed by atoms with Gasteiger partial charge in [-0.3, -0.25) is 0 Å². The fourth-order valence-electron chi connectivity index (χ4n) is 1.17. The van der Waals surface area contributed by atoms with E-state index in [1.54, 1.807) is 0 Å². The zero-order valence-electron chi connectivity index (χ0n) is 7.07. The molecule has 4 heteroatoms. The van der Waals surface area contributed by atoms with Crippen molar-refractivity contribution in [1.82, 2.24) is 10.1 Å². The van der Waals surface area contributed by atoms with E-state index in [4.69, 9.17) is 0 Å². The van der Waals surface area contributed by atoms with Crippen LogP contribution in [0.4, 0.5) is 0 Å². The van der Waals surface area contributed by atoms with E-state index in [1.807, 2.05) is 31.0 Å². The van der Waals surface area contributed by atoms with E-state index in [9.17, 15) is 0 Å². The van der Waals surface area contributed by atoms with Gasteiger partial charge < -0.3 is 5.48 Å². The lowest BCUT2D eigenvalue weighted by Gasteiger charge is -1.86. The van der Waals surface area contributed by atoms with Crippen molar-refractivity contribution in [2.24, 2.45) is 7.05 Å². The number of fused-ring (bicyclic) bond motifs is 1. The molecule has 0 spiro atoms. The normalized spacial score (nSPS) is 9.83. The molecule has 0 aromatic carbocycles. The summed E-state index contributed by atoms with van der Waals surface area (Å²) < 4.78 is 1.95. The Balaban J connectivity index is 0.000000720. The molecule has 0 radical (unpaired) electrons. The molecule has 0 fully saturated rings. The Morgan fingerprint density at radius 1 is 1.50 bits per heavy atom. The van der Waals surface area contributed by atoms with Gasteiger partial charge in [-0.15, -0.1) is 4.68 Å². The average molecular weight is 165 g/mol. The van der Waals surface area contributed by atoms with Crippen LogP contribution in [0.25, 0.3) is 11.0 Å². The Bertz CT molecular complexity index is 394. The molecule has 0 unspecified atom stereocenters. The molecule has 2 aromatic heterocycles. The summed E-state index contributed by atoms with van der Waals surface area (Å²) in [5, 5.41) is 3.06. The van der Waals surface area contributed by atoms with Crippen molar-refractivity contribution >= 4 is 11.0 Å². The number of nitrogens with zero attached hydrogens (tertiary/aromatic N) is 2. The zero-order valence-corrected chi connectivity index (χ0v) is 7.07. The highest BCUT2D eigenvalue weighted by Gasteiger charge is 2.06. The van der Waals surface area contributed by atoms with E-state index in [0.29, 0.717) is 0 Å². The molecule has 12 heavy (non-hydrogen) atoms. The van der Waals surface area contributed by atoms with Crippen LogP contribution in [0.2, 0.25) is 0 Å². The Kier molecular flexibility index (Phi) is 2.10. The maximum atomic E-state index is 4.25. The summed E-state index contributed by atoms with van der Waals surface area (Å²) >= 11 is 0. The molecule has 2 heterocycles. The lowest BCUT2D eigenvalue weighted by molar-refractivity contribution is -0.702. The lowest BCUT2D eigenvalue weighted by Crippen LogP contribution is -2.29. The maximum absolute atomic E-state index is 4.25. The molecule has 64 valence electrons. The predicted octanol–water partition coefficient (Wildman–Crippen LogP) is 0.519. The summed E-state index contributed by atoms with van der Waals surface area (Å²) in [6, 6.07) is 2.11. The van der Waals surface area contributed by atoms with Crippen LogP contribution in [0.5, 0.6) is 0 Å². The van der Waals surface area contributed by atoms with Crippen LogP contribution in [0.3, 0.4) is 0 Å². The first-order valence-corrected chi connectivity index (χ1v) is 3.57. The van der Waals surface area contributed by atoms with Crippen molar-refractivity contribution in [3.8, 4) is 0 Å². The highest BCUT2D eigenvalue weighted by molar-refractivity contribution is 5.69. The second-order valence-corrected chi connectivity index (χ2v) is 2.75. The number of H-pyrrole nitrogens is 1. The number of aromatic amines is 1. The summed E-state index contributed by atoms with van der Waals surface area (Å²) in [6.07, 6.45) is 3.77. The fraction of sp³-hybridized carbons (Fsp3) is 0.250. The SMILES string of the molecule is Cc1cnc2c[nH][n+](C)c2c1.[OH-]. The molecule has 2 rings (SSSR count). The Morgan fingerprint density at radius 2 is 2.25 bits per heavy atom. The lowest BCUT2D eigenvalue weighted by atomic mass is 10.3. The minimum atomic E-state index is 0. The highest BCUT2D eigenvalue weighted by Crippen LogP contribution is 2.05. The highest BCUT2D eigenvalue weighted by atomic mass is 16.0. The Morgan fingerprint density at radius 3 is 3.00 bits per heavy atom.